The smallest absolute Gasteiger partial charge is 0.281 e. The van der Waals surface area contributed by atoms with Crippen LogP contribution in [0.2, 0.25) is 0 Å². The molecule has 4 aromatic rings. The van der Waals surface area contributed by atoms with Crippen molar-refractivity contribution in [3.63, 3.8) is 0 Å². The normalized spacial score (nSPS) is 11.1. The summed E-state index contributed by atoms with van der Waals surface area (Å²) in [5.41, 5.74) is 4.10. The summed E-state index contributed by atoms with van der Waals surface area (Å²) in [6, 6.07) is 16.0. The van der Waals surface area contributed by atoms with Gasteiger partial charge in [0.15, 0.2) is 0 Å². The Morgan fingerprint density at radius 1 is 1.12 bits per heavy atom. The van der Waals surface area contributed by atoms with Gasteiger partial charge < -0.3 is 4.74 Å². The molecule has 3 aromatic carbocycles. The van der Waals surface area contributed by atoms with Gasteiger partial charge in [0.05, 0.1) is 23.2 Å². The lowest BCUT2D eigenvalue weighted by Crippen LogP contribution is -2.16. The van der Waals surface area contributed by atoms with Crippen molar-refractivity contribution >= 4 is 84.4 Å². The third kappa shape index (κ3) is 5.88. The molecule has 7 nitrogen and oxygen atoms in total. The molecule has 1 amide bonds. The van der Waals surface area contributed by atoms with E-state index in [9.17, 15) is 19.3 Å². The van der Waals surface area contributed by atoms with E-state index in [1.54, 1.807) is 24.3 Å². The van der Waals surface area contributed by atoms with Crippen molar-refractivity contribution in [2.45, 2.75) is 6.61 Å². The SMILES string of the molecule is O=C(N/N=C\c1cc(I)c(OCc2ccc(F)cc2)c(I)c1)c1cc2cc([N+](=O)[O-])ccc2s1. The van der Waals surface area contributed by atoms with Crippen LogP contribution in [0.5, 0.6) is 5.75 Å². The first kappa shape index (κ1) is 24.5. The molecule has 0 saturated heterocycles. The van der Waals surface area contributed by atoms with Crippen LogP contribution in [0.25, 0.3) is 10.1 Å². The van der Waals surface area contributed by atoms with Crippen LogP contribution < -0.4 is 10.2 Å². The molecule has 172 valence electrons. The van der Waals surface area contributed by atoms with E-state index in [2.05, 4.69) is 55.7 Å². The number of rotatable bonds is 7. The minimum absolute atomic E-state index is 0.0235. The van der Waals surface area contributed by atoms with Crippen LogP contribution in [0.4, 0.5) is 10.1 Å². The van der Waals surface area contributed by atoms with E-state index in [-0.39, 0.29) is 11.5 Å². The van der Waals surface area contributed by atoms with Crippen LogP contribution in [0, 0.1) is 23.1 Å². The van der Waals surface area contributed by atoms with Crippen LogP contribution in [0.3, 0.4) is 0 Å². The first-order valence-corrected chi connectivity index (χ1v) is 12.7. The molecule has 0 bridgehead atoms. The second kappa shape index (κ2) is 10.7. The highest BCUT2D eigenvalue weighted by atomic mass is 127. The average Bonchev–Trinajstić information content (AvgIpc) is 3.23. The molecule has 0 saturated carbocycles. The van der Waals surface area contributed by atoms with Gasteiger partial charge >= 0.3 is 0 Å². The van der Waals surface area contributed by atoms with Crippen LogP contribution >= 0.6 is 56.5 Å². The van der Waals surface area contributed by atoms with Gasteiger partial charge in [0.1, 0.15) is 18.2 Å². The number of ether oxygens (including phenoxy) is 1. The Kier molecular flexibility index (Phi) is 7.73. The number of nitrogens with zero attached hydrogens (tertiary/aromatic N) is 2. The molecular weight excluding hydrogens is 687 g/mol. The fourth-order valence-corrected chi connectivity index (χ4v) is 6.07. The van der Waals surface area contributed by atoms with Gasteiger partial charge in [-0.25, -0.2) is 9.82 Å². The predicted molar refractivity (Wildman–Crippen MR) is 146 cm³/mol. The Morgan fingerprint density at radius 2 is 1.82 bits per heavy atom. The number of hydrazone groups is 1. The molecule has 11 heteroatoms. The number of benzene rings is 3. The molecule has 0 radical (unpaired) electrons. The lowest BCUT2D eigenvalue weighted by atomic mass is 10.2. The van der Waals surface area contributed by atoms with Gasteiger partial charge in [0, 0.05) is 22.2 Å². The van der Waals surface area contributed by atoms with Crippen molar-refractivity contribution in [2.75, 3.05) is 0 Å². The van der Waals surface area contributed by atoms with Crippen molar-refractivity contribution in [2.24, 2.45) is 5.10 Å². The molecule has 0 aliphatic rings. The third-order valence-electron chi connectivity index (χ3n) is 4.63. The van der Waals surface area contributed by atoms with Crippen molar-refractivity contribution < 1.29 is 18.8 Å². The van der Waals surface area contributed by atoms with Crippen molar-refractivity contribution in [3.8, 4) is 5.75 Å². The zero-order valence-corrected chi connectivity index (χ0v) is 22.3. The zero-order valence-electron chi connectivity index (χ0n) is 17.1. The number of hydrogen-bond acceptors (Lipinski definition) is 6. The Labute approximate surface area is 224 Å². The number of carbonyl (C=O) groups excluding carboxylic acids is 1. The summed E-state index contributed by atoms with van der Waals surface area (Å²) in [4.78, 5) is 23.3. The molecule has 4 rings (SSSR count). The summed E-state index contributed by atoms with van der Waals surface area (Å²) < 4.78 is 21.5. The Balaban J connectivity index is 1.41. The monoisotopic (exact) mass is 701 g/mol. The van der Waals surface area contributed by atoms with E-state index in [1.807, 2.05) is 12.1 Å². The molecule has 0 spiro atoms. The number of nitrogens with one attached hydrogen (secondary N) is 1. The van der Waals surface area contributed by atoms with Gasteiger partial charge in [0.2, 0.25) is 0 Å². The molecule has 0 aliphatic carbocycles. The molecular formula is C23H14FI2N3O4S. The average molecular weight is 701 g/mol. The van der Waals surface area contributed by atoms with Gasteiger partial charge in [-0.2, -0.15) is 5.10 Å². The quantitative estimate of drug-likeness (QED) is 0.103. The maximum absolute atomic E-state index is 13.1. The van der Waals surface area contributed by atoms with E-state index in [4.69, 9.17) is 4.74 Å². The number of non-ortho nitro benzene ring substituents is 1. The minimum Gasteiger partial charge on any atom is -0.487 e. The highest BCUT2D eigenvalue weighted by Gasteiger charge is 2.13. The van der Waals surface area contributed by atoms with Gasteiger partial charge in [-0.05, 0) is 92.7 Å². The van der Waals surface area contributed by atoms with E-state index in [0.717, 1.165) is 23.0 Å². The number of nitro benzene ring substituents is 1. The number of halogens is 3. The second-order valence-electron chi connectivity index (χ2n) is 7.02. The lowest BCUT2D eigenvalue weighted by molar-refractivity contribution is -0.384. The predicted octanol–water partition coefficient (Wildman–Crippen LogP) is 6.50. The van der Waals surface area contributed by atoms with Crippen molar-refractivity contribution in [1.82, 2.24) is 5.43 Å². The van der Waals surface area contributed by atoms with Crippen LogP contribution in [-0.4, -0.2) is 17.0 Å². The second-order valence-corrected chi connectivity index (χ2v) is 10.4. The van der Waals surface area contributed by atoms with Crippen molar-refractivity contribution in [1.29, 1.82) is 0 Å². The first-order valence-electron chi connectivity index (χ1n) is 9.68. The van der Waals surface area contributed by atoms with E-state index in [1.165, 1.54) is 41.8 Å². The molecule has 1 aromatic heterocycles. The standard InChI is InChI=1S/C23H14FI2N3O4S/c24-16-3-1-13(2-4-16)12-33-22-18(25)7-14(8-19(22)26)11-27-28-23(30)21-10-15-9-17(29(31)32)5-6-20(15)34-21/h1-11H,12H2,(H,28,30)/b27-11-. The van der Waals surface area contributed by atoms with Crippen LogP contribution in [0.15, 0.2) is 65.8 Å². The van der Waals surface area contributed by atoms with E-state index >= 15 is 0 Å². The Bertz CT molecular complexity index is 1400. The maximum Gasteiger partial charge on any atom is 0.281 e. The summed E-state index contributed by atoms with van der Waals surface area (Å²) in [5.74, 6) is 0.0230. The molecule has 34 heavy (non-hydrogen) atoms. The molecule has 0 fully saturated rings. The van der Waals surface area contributed by atoms with Gasteiger partial charge in [-0.3, -0.25) is 14.9 Å². The van der Waals surface area contributed by atoms with Gasteiger partial charge in [-0.1, -0.05) is 12.1 Å². The van der Waals surface area contributed by atoms with Crippen LogP contribution in [0.1, 0.15) is 20.8 Å². The van der Waals surface area contributed by atoms with Gasteiger partial charge in [-0.15, -0.1) is 11.3 Å². The largest absolute Gasteiger partial charge is 0.487 e. The molecule has 1 heterocycles. The topological polar surface area (TPSA) is 93.8 Å². The number of hydrogen-bond donors (Lipinski definition) is 1. The number of nitro groups is 1. The summed E-state index contributed by atoms with van der Waals surface area (Å²) in [7, 11) is 0. The Hall–Kier alpha value is -2.65. The summed E-state index contributed by atoms with van der Waals surface area (Å²) in [6.45, 7) is 0.314. The van der Waals surface area contributed by atoms with E-state index in [0.29, 0.717) is 22.6 Å². The first-order chi connectivity index (χ1) is 16.3. The summed E-state index contributed by atoms with van der Waals surface area (Å²) >= 11 is 5.56. The lowest BCUT2D eigenvalue weighted by Gasteiger charge is -2.11. The number of fused-ring (bicyclic) bond motifs is 1. The third-order valence-corrected chi connectivity index (χ3v) is 7.35. The van der Waals surface area contributed by atoms with Crippen LogP contribution in [-0.2, 0) is 6.61 Å². The fourth-order valence-electron chi connectivity index (χ4n) is 3.00. The molecule has 0 atom stereocenters. The molecule has 0 aliphatic heterocycles. The minimum atomic E-state index is -0.469. The highest BCUT2D eigenvalue weighted by molar-refractivity contribution is 14.1. The van der Waals surface area contributed by atoms with Gasteiger partial charge in [0.25, 0.3) is 11.6 Å². The maximum atomic E-state index is 13.1. The number of thiophene rings is 1. The molecule has 1 N–H and O–H groups in total. The fraction of sp³-hybridized carbons (Fsp3) is 0.0435. The van der Waals surface area contributed by atoms with Crippen molar-refractivity contribution in [3.05, 3.63) is 99.7 Å². The molecule has 0 unspecified atom stereocenters. The zero-order chi connectivity index (χ0) is 24.2. The summed E-state index contributed by atoms with van der Waals surface area (Å²) in [5, 5.41) is 15.6. The number of amides is 1. The highest BCUT2D eigenvalue weighted by Crippen LogP contribution is 2.30. The van der Waals surface area contributed by atoms with E-state index < -0.39 is 10.8 Å². The number of carbonyl (C=O) groups is 1. The summed E-state index contributed by atoms with van der Waals surface area (Å²) in [6.07, 6.45) is 1.53. The Morgan fingerprint density at radius 3 is 2.50 bits per heavy atom.